The third-order valence-electron chi connectivity index (χ3n) is 6.56. The van der Waals surface area contributed by atoms with Gasteiger partial charge in [0, 0.05) is 18.7 Å². The predicted octanol–water partition coefficient (Wildman–Crippen LogP) is 4.39. The van der Waals surface area contributed by atoms with Crippen molar-refractivity contribution in [3.63, 3.8) is 0 Å². The molecule has 0 atom stereocenters. The fraction of sp³-hybridized carbons (Fsp3) is 0.619. The molecule has 2 fully saturated rings. The summed E-state index contributed by atoms with van der Waals surface area (Å²) in [6.45, 7) is 2.45. The zero-order valence-electron chi connectivity index (χ0n) is 16.7. The maximum Gasteiger partial charge on any atom is 0.319 e. The molecule has 8 heteroatoms. The largest absolute Gasteiger partial charge is 0.438 e. The van der Waals surface area contributed by atoms with Gasteiger partial charge in [-0.15, -0.1) is 0 Å². The number of amides is 2. The van der Waals surface area contributed by atoms with Gasteiger partial charge in [-0.25, -0.2) is 9.78 Å². The average Bonchev–Trinajstić information content (AvgIpc) is 3.10. The van der Waals surface area contributed by atoms with Crippen LogP contribution in [0, 0.1) is 0 Å². The van der Waals surface area contributed by atoms with Crippen molar-refractivity contribution in [1.29, 1.82) is 0 Å². The molecule has 29 heavy (non-hydrogen) atoms. The van der Waals surface area contributed by atoms with E-state index in [0.29, 0.717) is 28.8 Å². The average molecular weight is 419 g/mol. The van der Waals surface area contributed by atoms with Crippen molar-refractivity contribution in [3.05, 3.63) is 22.5 Å². The van der Waals surface area contributed by atoms with Crippen LogP contribution < -0.4 is 10.6 Å². The number of aromatic nitrogens is 1. The molecule has 156 valence electrons. The summed E-state index contributed by atoms with van der Waals surface area (Å²) in [4.78, 5) is 19.3. The summed E-state index contributed by atoms with van der Waals surface area (Å²) >= 11 is 6.55. The van der Waals surface area contributed by atoms with Gasteiger partial charge in [0.15, 0.2) is 5.58 Å². The van der Waals surface area contributed by atoms with Crippen LogP contribution in [-0.2, 0) is 16.9 Å². The summed E-state index contributed by atoms with van der Waals surface area (Å²) in [7, 11) is 2.14. The van der Waals surface area contributed by atoms with Gasteiger partial charge < -0.3 is 24.7 Å². The number of piperidine rings is 1. The Morgan fingerprint density at radius 1 is 1.31 bits per heavy atom. The second kappa shape index (κ2) is 7.45. The fourth-order valence-electron chi connectivity index (χ4n) is 5.02. The summed E-state index contributed by atoms with van der Waals surface area (Å²) < 4.78 is 12.3. The molecule has 1 aromatic heterocycles. The van der Waals surface area contributed by atoms with Crippen LogP contribution in [0.3, 0.4) is 0 Å². The van der Waals surface area contributed by atoms with Crippen LogP contribution in [0.25, 0.3) is 11.1 Å². The number of rotatable bonds is 3. The second-order valence-corrected chi connectivity index (χ2v) is 9.01. The molecule has 0 unspecified atom stereocenters. The van der Waals surface area contributed by atoms with Gasteiger partial charge in [0.2, 0.25) is 5.89 Å². The summed E-state index contributed by atoms with van der Waals surface area (Å²) in [6, 6.07) is 1.58. The van der Waals surface area contributed by atoms with Gasteiger partial charge in [0.1, 0.15) is 12.1 Å². The predicted molar refractivity (Wildman–Crippen MR) is 111 cm³/mol. The molecule has 2 aliphatic heterocycles. The summed E-state index contributed by atoms with van der Waals surface area (Å²) in [6.07, 6.45) is 7.35. The molecule has 2 amide bonds. The number of likely N-dealkylation sites (tertiary alicyclic amines) is 1. The number of benzene rings is 1. The van der Waals surface area contributed by atoms with E-state index >= 15 is 0 Å². The number of hydrogen-bond donors (Lipinski definition) is 2. The Balaban J connectivity index is 1.48. The molecule has 1 aromatic carbocycles. The molecule has 2 aromatic rings. The maximum atomic E-state index is 12.3. The Morgan fingerprint density at radius 2 is 2.07 bits per heavy atom. The number of nitrogens with one attached hydrogen (secondary N) is 2. The van der Waals surface area contributed by atoms with E-state index in [4.69, 9.17) is 20.8 Å². The van der Waals surface area contributed by atoms with Gasteiger partial charge in [0.25, 0.3) is 0 Å². The number of anilines is 1. The van der Waals surface area contributed by atoms with Gasteiger partial charge in [-0.3, -0.25) is 0 Å². The highest BCUT2D eigenvalue weighted by atomic mass is 35.5. The van der Waals surface area contributed by atoms with E-state index in [1.165, 1.54) is 6.42 Å². The van der Waals surface area contributed by atoms with Crippen LogP contribution in [0.4, 0.5) is 10.5 Å². The smallest absolute Gasteiger partial charge is 0.319 e. The third kappa shape index (κ3) is 3.49. The SMILES string of the molecule is CN1CCC(OCc2nc3cc(Cl)c4c(c3o2)C2(CCCCC2)NC(=O)N4)CC1. The number of halogens is 1. The lowest BCUT2D eigenvalue weighted by molar-refractivity contribution is -0.00614. The lowest BCUT2D eigenvalue weighted by Gasteiger charge is -2.42. The summed E-state index contributed by atoms with van der Waals surface area (Å²) in [5.41, 5.74) is 2.59. The maximum absolute atomic E-state index is 12.3. The normalized spacial score (nSPS) is 22.5. The Bertz CT molecular complexity index is 930. The first kappa shape index (κ1) is 19.2. The number of ether oxygens (including phenoxy) is 1. The highest BCUT2D eigenvalue weighted by Gasteiger charge is 2.44. The number of carbonyl (C=O) groups excluding carboxylic acids is 1. The molecule has 1 spiro atoms. The Hall–Kier alpha value is -1.83. The van der Waals surface area contributed by atoms with Crippen LogP contribution >= 0.6 is 11.6 Å². The molecule has 3 heterocycles. The van der Waals surface area contributed by atoms with Gasteiger partial charge >= 0.3 is 6.03 Å². The van der Waals surface area contributed by atoms with E-state index in [9.17, 15) is 4.79 Å². The Morgan fingerprint density at radius 3 is 2.83 bits per heavy atom. The molecule has 1 saturated carbocycles. The minimum absolute atomic E-state index is 0.203. The van der Waals surface area contributed by atoms with Crippen LogP contribution in [0.15, 0.2) is 10.5 Å². The highest BCUT2D eigenvalue weighted by molar-refractivity contribution is 6.35. The van der Waals surface area contributed by atoms with Gasteiger partial charge in [-0.2, -0.15) is 0 Å². The minimum Gasteiger partial charge on any atom is -0.438 e. The molecule has 7 nitrogen and oxygen atoms in total. The summed E-state index contributed by atoms with van der Waals surface area (Å²) in [5.74, 6) is 0.561. The minimum atomic E-state index is -0.440. The quantitative estimate of drug-likeness (QED) is 0.772. The second-order valence-electron chi connectivity index (χ2n) is 8.60. The first-order valence-electron chi connectivity index (χ1n) is 10.6. The van der Waals surface area contributed by atoms with Gasteiger partial charge in [0.05, 0.1) is 22.4 Å². The van der Waals surface area contributed by atoms with Crippen molar-refractivity contribution in [2.24, 2.45) is 0 Å². The van der Waals surface area contributed by atoms with E-state index in [1.807, 2.05) is 0 Å². The van der Waals surface area contributed by atoms with Crippen molar-refractivity contribution < 1.29 is 13.9 Å². The zero-order chi connectivity index (χ0) is 20.0. The van der Waals surface area contributed by atoms with Crippen molar-refractivity contribution in [1.82, 2.24) is 15.2 Å². The Labute approximate surface area is 175 Å². The molecular formula is C21H27ClN4O3. The van der Waals surface area contributed by atoms with Crippen LogP contribution in [0.5, 0.6) is 0 Å². The standard InChI is InChI=1S/C21H27ClN4O3/c1-26-9-5-13(6-10-26)28-12-16-23-15-11-14(22)18-17(19(15)29-16)21(25-20(27)24-18)7-3-2-4-8-21/h11,13H,2-10,12H2,1H3,(H2,24,25,27). The van der Waals surface area contributed by atoms with Crippen LogP contribution in [0.1, 0.15) is 56.4 Å². The summed E-state index contributed by atoms with van der Waals surface area (Å²) in [5, 5.41) is 6.56. The molecular weight excluding hydrogens is 392 g/mol. The zero-order valence-corrected chi connectivity index (χ0v) is 17.5. The van der Waals surface area contributed by atoms with E-state index < -0.39 is 5.54 Å². The van der Waals surface area contributed by atoms with Crippen molar-refractivity contribution in [2.75, 3.05) is 25.5 Å². The van der Waals surface area contributed by atoms with Gasteiger partial charge in [-0.05, 0) is 38.8 Å². The number of oxazole rings is 1. The highest BCUT2D eigenvalue weighted by Crippen LogP contribution is 2.48. The number of urea groups is 1. The molecule has 2 N–H and O–H groups in total. The van der Waals surface area contributed by atoms with Crippen LogP contribution in [0.2, 0.25) is 5.02 Å². The van der Waals surface area contributed by atoms with Crippen molar-refractivity contribution in [2.45, 2.75) is 63.2 Å². The number of nitrogens with zero attached hydrogens (tertiary/aromatic N) is 2. The molecule has 3 aliphatic rings. The topological polar surface area (TPSA) is 79.6 Å². The first-order valence-corrected chi connectivity index (χ1v) is 10.9. The third-order valence-corrected chi connectivity index (χ3v) is 6.86. The van der Waals surface area contributed by atoms with E-state index in [2.05, 4.69) is 27.6 Å². The lowest BCUT2D eigenvalue weighted by atomic mass is 9.74. The fourth-order valence-corrected chi connectivity index (χ4v) is 5.26. The van der Waals surface area contributed by atoms with Crippen LogP contribution in [-0.4, -0.2) is 42.2 Å². The Kier molecular flexibility index (Phi) is 4.92. The van der Waals surface area contributed by atoms with E-state index in [-0.39, 0.29) is 12.1 Å². The number of carbonyl (C=O) groups is 1. The van der Waals surface area contributed by atoms with E-state index in [0.717, 1.165) is 62.7 Å². The number of hydrogen-bond acceptors (Lipinski definition) is 5. The first-order chi connectivity index (χ1) is 14.0. The van der Waals surface area contributed by atoms with E-state index in [1.54, 1.807) is 6.07 Å². The van der Waals surface area contributed by atoms with Gasteiger partial charge in [-0.1, -0.05) is 30.9 Å². The molecule has 1 aliphatic carbocycles. The molecule has 5 rings (SSSR count). The molecule has 0 radical (unpaired) electrons. The van der Waals surface area contributed by atoms with Crippen molar-refractivity contribution >= 4 is 34.4 Å². The lowest BCUT2D eigenvalue weighted by Crippen LogP contribution is -2.52. The monoisotopic (exact) mass is 418 g/mol. The molecule has 0 bridgehead atoms. The molecule has 1 saturated heterocycles. The van der Waals surface area contributed by atoms with Crippen molar-refractivity contribution in [3.8, 4) is 0 Å². The number of fused-ring (bicyclic) bond motifs is 4.